The summed E-state index contributed by atoms with van der Waals surface area (Å²) >= 11 is 0. The van der Waals surface area contributed by atoms with Gasteiger partial charge < -0.3 is 15.5 Å². The van der Waals surface area contributed by atoms with Gasteiger partial charge in [0.05, 0.1) is 17.6 Å². The molecule has 4 nitrogen and oxygen atoms in total. The van der Waals surface area contributed by atoms with Crippen molar-refractivity contribution in [1.82, 2.24) is 9.88 Å². The van der Waals surface area contributed by atoms with E-state index in [4.69, 9.17) is 5.73 Å². The molecule has 1 saturated heterocycles. The number of hydrogen-bond acceptors (Lipinski definition) is 4. The highest BCUT2D eigenvalue weighted by Gasteiger charge is 2.16. The van der Waals surface area contributed by atoms with Gasteiger partial charge in [-0.15, -0.1) is 0 Å². The first-order chi connectivity index (χ1) is 8.20. The second-order valence-electron chi connectivity index (χ2n) is 4.65. The molecule has 0 bridgehead atoms. The van der Waals surface area contributed by atoms with Gasteiger partial charge in [0.25, 0.3) is 0 Å². The average molecular weight is 234 g/mol. The molecule has 4 heteroatoms. The number of rotatable bonds is 3. The minimum Gasteiger partial charge on any atom is -0.368 e. The van der Waals surface area contributed by atoms with E-state index in [0.717, 1.165) is 38.4 Å². The summed E-state index contributed by atoms with van der Waals surface area (Å²) in [7, 11) is 0. The molecule has 2 rings (SSSR count). The molecule has 1 aromatic heterocycles. The van der Waals surface area contributed by atoms with Crippen LogP contribution in [0.5, 0.6) is 0 Å². The highest BCUT2D eigenvalue weighted by atomic mass is 15.3. The molecule has 0 aromatic carbocycles. The van der Waals surface area contributed by atoms with Crippen molar-refractivity contribution < 1.29 is 0 Å². The smallest absolute Gasteiger partial charge is 0.0569 e. The second kappa shape index (κ2) is 5.47. The van der Waals surface area contributed by atoms with E-state index in [-0.39, 0.29) is 6.04 Å². The van der Waals surface area contributed by atoms with Crippen LogP contribution in [0.3, 0.4) is 0 Å². The van der Waals surface area contributed by atoms with Gasteiger partial charge in [0.15, 0.2) is 0 Å². The summed E-state index contributed by atoms with van der Waals surface area (Å²) in [6.45, 7) is 9.80. The van der Waals surface area contributed by atoms with Crippen LogP contribution in [-0.4, -0.2) is 42.6 Å². The van der Waals surface area contributed by atoms with Crippen LogP contribution in [0.1, 0.15) is 25.6 Å². The maximum Gasteiger partial charge on any atom is 0.0569 e. The first-order valence-electron chi connectivity index (χ1n) is 6.39. The predicted molar refractivity (Wildman–Crippen MR) is 71.2 cm³/mol. The Bertz CT molecular complexity index is 339. The maximum atomic E-state index is 5.80. The highest BCUT2D eigenvalue weighted by Crippen LogP contribution is 2.17. The molecule has 0 radical (unpaired) electrons. The van der Waals surface area contributed by atoms with Crippen LogP contribution in [0.4, 0.5) is 5.69 Å². The van der Waals surface area contributed by atoms with Crippen molar-refractivity contribution in [2.45, 2.75) is 19.9 Å². The van der Waals surface area contributed by atoms with Gasteiger partial charge in [-0.2, -0.15) is 0 Å². The van der Waals surface area contributed by atoms with Crippen LogP contribution >= 0.6 is 0 Å². The molecule has 1 aromatic rings. The summed E-state index contributed by atoms with van der Waals surface area (Å²) in [4.78, 5) is 9.28. The predicted octanol–water partition coefficient (Wildman–Crippen LogP) is 1.24. The maximum absolute atomic E-state index is 5.80. The number of nitrogens with zero attached hydrogens (tertiary/aromatic N) is 3. The molecule has 0 unspecified atom stereocenters. The van der Waals surface area contributed by atoms with Crippen molar-refractivity contribution in [3.63, 3.8) is 0 Å². The Morgan fingerprint density at radius 1 is 1.29 bits per heavy atom. The second-order valence-corrected chi connectivity index (χ2v) is 4.65. The SMILES string of the molecule is CCN1CCN(c2ccc([C@@H](C)N)nc2)CC1. The zero-order valence-corrected chi connectivity index (χ0v) is 10.8. The summed E-state index contributed by atoms with van der Waals surface area (Å²) in [5.74, 6) is 0. The Kier molecular flexibility index (Phi) is 3.97. The van der Waals surface area contributed by atoms with Crippen LogP contribution in [-0.2, 0) is 0 Å². The van der Waals surface area contributed by atoms with E-state index in [2.05, 4.69) is 27.8 Å². The zero-order valence-electron chi connectivity index (χ0n) is 10.8. The van der Waals surface area contributed by atoms with Crippen LogP contribution in [0.25, 0.3) is 0 Å². The van der Waals surface area contributed by atoms with Crippen molar-refractivity contribution >= 4 is 5.69 Å². The van der Waals surface area contributed by atoms with E-state index < -0.39 is 0 Å². The quantitative estimate of drug-likeness (QED) is 0.855. The molecule has 0 amide bonds. The van der Waals surface area contributed by atoms with E-state index >= 15 is 0 Å². The molecule has 0 spiro atoms. The van der Waals surface area contributed by atoms with Crippen LogP contribution < -0.4 is 10.6 Å². The third kappa shape index (κ3) is 2.96. The molecule has 2 N–H and O–H groups in total. The lowest BCUT2D eigenvalue weighted by molar-refractivity contribution is 0.271. The highest BCUT2D eigenvalue weighted by molar-refractivity contribution is 5.45. The molecule has 0 saturated carbocycles. The van der Waals surface area contributed by atoms with Gasteiger partial charge in [0.1, 0.15) is 0 Å². The molecular weight excluding hydrogens is 212 g/mol. The number of pyridine rings is 1. The molecule has 1 aliphatic rings. The Hall–Kier alpha value is -1.13. The summed E-state index contributed by atoms with van der Waals surface area (Å²) < 4.78 is 0. The molecular formula is C13H22N4. The van der Waals surface area contributed by atoms with Crippen molar-refractivity contribution in [2.75, 3.05) is 37.6 Å². The first-order valence-corrected chi connectivity index (χ1v) is 6.39. The number of hydrogen-bond donors (Lipinski definition) is 1. The fraction of sp³-hybridized carbons (Fsp3) is 0.615. The Morgan fingerprint density at radius 3 is 2.47 bits per heavy atom. The topological polar surface area (TPSA) is 45.4 Å². The van der Waals surface area contributed by atoms with E-state index in [0.29, 0.717) is 0 Å². The summed E-state index contributed by atoms with van der Waals surface area (Å²) in [5, 5.41) is 0. The Labute approximate surface area is 103 Å². The lowest BCUT2D eigenvalue weighted by Gasteiger charge is -2.35. The average Bonchev–Trinajstić information content (AvgIpc) is 2.39. The van der Waals surface area contributed by atoms with Crippen molar-refractivity contribution in [3.8, 4) is 0 Å². The van der Waals surface area contributed by atoms with E-state index in [1.807, 2.05) is 19.2 Å². The largest absolute Gasteiger partial charge is 0.368 e. The molecule has 0 aliphatic carbocycles. The monoisotopic (exact) mass is 234 g/mol. The zero-order chi connectivity index (χ0) is 12.3. The van der Waals surface area contributed by atoms with Crippen molar-refractivity contribution in [2.24, 2.45) is 5.73 Å². The molecule has 2 heterocycles. The fourth-order valence-electron chi connectivity index (χ4n) is 2.18. The third-order valence-corrected chi connectivity index (χ3v) is 3.42. The minimum atomic E-state index is 0.0148. The van der Waals surface area contributed by atoms with Crippen molar-refractivity contribution in [3.05, 3.63) is 24.0 Å². The summed E-state index contributed by atoms with van der Waals surface area (Å²) in [6.07, 6.45) is 1.94. The number of likely N-dealkylation sites (N-methyl/N-ethyl adjacent to an activating group) is 1. The van der Waals surface area contributed by atoms with Gasteiger partial charge in [-0.05, 0) is 25.6 Å². The van der Waals surface area contributed by atoms with E-state index in [9.17, 15) is 0 Å². The summed E-state index contributed by atoms with van der Waals surface area (Å²) in [6, 6.07) is 4.18. The van der Waals surface area contributed by atoms with Gasteiger partial charge in [-0.3, -0.25) is 4.98 Å². The number of nitrogens with two attached hydrogens (primary N) is 1. The van der Waals surface area contributed by atoms with Crippen LogP contribution in [0, 0.1) is 0 Å². The fourth-order valence-corrected chi connectivity index (χ4v) is 2.18. The number of piperazine rings is 1. The summed E-state index contributed by atoms with van der Waals surface area (Å²) in [5.41, 5.74) is 7.97. The standard InChI is InChI=1S/C13H22N4/c1-3-16-6-8-17(9-7-16)12-4-5-13(11(2)14)15-10-12/h4-5,10-11H,3,6-9,14H2,1-2H3/t11-/m1/s1. The van der Waals surface area contributed by atoms with Gasteiger partial charge in [0, 0.05) is 32.2 Å². The number of anilines is 1. The van der Waals surface area contributed by atoms with E-state index in [1.54, 1.807) is 0 Å². The third-order valence-electron chi connectivity index (χ3n) is 3.42. The van der Waals surface area contributed by atoms with Gasteiger partial charge in [-0.25, -0.2) is 0 Å². The first kappa shape index (κ1) is 12.3. The van der Waals surface area contributed by atoms with Crippen LogP contribution in [0.2, 0.25) is 0 Å². The van der Waals surface area contributed by atoms with Gasteiger partial charge in [-0.1, -0.05) is 6.92 Å². The molecule has 94 valence electrons. The minimum absolute atomic E-state index is 0.0148. The van der Waals surface area contributed by atoms with Crippen molar-refractivity contribution in [1.29, 1.82) is 0 Å². The molecule has 1 fully saturated rings. The van der Waals surface area contributed by atoms with E-state index in [1.165, 1.54) is 5.69 Å². The molecule has 17 heavy (non-hydrogen) atoms. The molecule has 1 aliphatic heterocycles. The lowest BCUT2D eigenvalue weighted by atomic mass is 10.2. The normalized spacial score (nSPS) is 19.4. The Morgan fingerprint density at radius 2 is 2.00 bits per heavy atom. The Balaban J connectivity index is 1.99. The number of aromatic nitrogens is 1. The van der Waals surface area contributed by atoms with Gasteiger partial charge >= 0.3 is 0 Å². The van der Waals surface area contributed by atoms with Crippen LogP contribution in [0.15, 0.2) is 18.3 Å². The van der Waals surface area contributed by atoms with Gasteiger partial charge in [0.2, 0.25) is 0 Å². The molecule has 1 atom stereocenters. The lowest BCUT2D eigenvalue weighted by Crippen LogP contribution is -2.46.